The van der Waals surface area contributed by atoms with E-state index in [0.29, 0.717) is 17.2 Å². The Morgan fingerprint density at radius 3 is 2.44 bits per heavy atom. The minimum Gasteiger partial charge on any atom is -0.493 e. The molecule has 162 valence electrons. The van der Waals surface area contributed by atoms with E-state index in [0.717, 1.165) is 45.6 Å². The second kappa shape index (κ2) is 7.92. The van der Waals surface area contributed by atoms with E-state index in [-0.39, 0.29) is 0 Å². The molecule has 3 heterocycles. The first-order chi connectivity index (χ1) is 15.7. The number of nitrogens with zero attached hydrogens (tertiary/aromatic N) is 3. The minimum atomic E-state index is 0.542. The number of nitrogens with one attached hydrogen (secondary N) is 1. The van der Waals surface area contributed by atoms with Crippen LogP contribution in [0.25, 0.3) is 44.6 Å². The molecule has 5 rings (SSSR count). The van der Waals surface area contributed by atoms with Crippen molar-refractivity contribution in [3.05, 3.63) is 54.9 Å². The number of aryl methyl sites for hydroxylation is 1. The van der Waals surface area contributed by atoms with Gasteiger partial charge < -0.3 is 23.8 Å². The number of aromatic nitrogens is 4. The van der Waals surface area contributed by atoms with E-state index in [1.54, 1.807) is 27.5 Å². The van der Waals surface area contributed by atoms with Crippen LogP contribution in [-0.4, -0.2) is 40.8 Å². The predicted octanol–water partition coefficient (Wildman–Crippen LogP) is 5.29. The molecule has 1 N–H and O–H groups in total. The van der Waals surface area contributed by atoms with Crippen LogP contribution in [0, 0.1) is 0 Å². The topological polar surface area (TPSA) is 74.2 Å². The number of H-pyrrole nitrogens is 1. The molecule has 2 aromatic carbocycles. The number of methoxy groups -OCH3 is 3. The minimum absolute atomic E-state index is 0.542. The summed E-state index contributed by atoms with van der Waals surface area (Å²) < 4.78 is 18.7. The third kappa shape index (κ3) is 3.05. The SMILES string of the molecule is CCn1ccc2c(-c3nc4c(-c5cc(OC)c(OC)c(OC)c5)nccc4[nH]3)cccc21. The lowest BCUT2D eigenvalue weighted by atomic mass is 10.1. The first-order valence-electron chi connectivity index (χ1n) is 10.4. The van der Waals surface area contributed by atoms with E-state index in [1.807, 2.05) is 18.2 Å². The standard InChI is InChI=1S/C25H24N4O3/c1-5-29-12-10-16-17(7-6-8-19(16)29)25-27-18-9-11-26-22(23(18)28-25)15-13-20(30-2)24(32-4)21(14-15)31-3/h6-14H,5H2,1-4H3,(H,27,28). The Balaban J connectivity index is 1.70. The Hall–Kier alpha value is -4.00. The molecule has 0 unspecified atom stereocenters. The highest BCUT2D eigenvalue weighted by molar-refractivity contribution is 5.97. The summed E-state index contributed by atoms with van der Waals surface area (Å²) in [6.45, 7) is 3.06. The summed E-state index contributed by atoms with van der Waals surface area (Å²) in [5.41, 5.74) is 5.51. The van der Waals surface area contributed by atoms with E-state index < -0.39 is 0 Å². The van der Waals surface area contributed by atoms with Gasteiger partial charge in [0.25, 0.3) is 0 Å². The molecule has 0 radical (unpaired) electrons. The summed E-state index contributed by atoms with van der Waals surface area (Å²) in [4.78, 5) is 13.1. The second-order valence-corrected chi connectivity index (χ2v) is 7.40. The molecule has 0 bridgehead atoms. The molecule has 0 fully saturated rings. The Kier molecular flexibility index (Phi) is 4.93. The maximum atomic E-state index is 5.53. The largest absolute Gasteiger partial charge is 0.493 e. The van der Waals surface area contributed by atoms with Gasteiger partial charge in [-0.15, -0.1) is 0 Å². The van der Waals surface area contributed by atoms with Crippen LogP contribution >= 0.6 is 0 Å². The summed E-state index contributed by atoms with van der Waals surface area (Å²) in [7, 11) is 4.79. The summed E-state index contributed by atoms with van der Waals surface area (Å²) in [6.07, 6.45) is 3.89. The summed E-state index contributed by atoms with van der Waals surface area (Å²) >= 11 is 0. The fourth-order valence-corrected chi connectivity index (χ4v) is 4.20. The molecular weight excluding hydrogens is 404 g/mol. The maximum Gasteiger partial charge on any atom is 0.203 e. The number of pyridine rings is 1. The average molecular weight is 428 g/mol. The van der Waals surface area contributed by atoms with Gasteiger partial charge in [0.15, 0.2) is 11.5 Å². The van der Waals surface area contributed by atoms with Crippen molar-refractivity contribution in [2.45, 2.75) is 13.5 Å². The molecule has 32 heavy (non-hydrogen) atoms. The lowest BCUT2D eigenvalue weighted by Gasteiger charge is -2.14. The molecule has 7 heteroatoms. The highest BCUT2D eigenvalue weighted by Gasteiger charge is 2.18. The fourth-order valence-electron chi connectivity index (χ4n) is 4.20. The van der Waals surface area contributed by atoms with Crippen molar-refractivity contribution in [1.29, 1.82) is 0 Å². The zero-order chi connectivity index (χ0) is 22.2. The van der Waals surface area contributed by atoms with Gasteiger partial charge in [-0.1, -0.05) is 12.1 Å². The molecule has 0 saturated heterocycles. The van der Waals surface area contributed by atoms with Gasteiger partial charge in [-0.05, 0) is 37.3 Å². The Bertz CT molecular complexity index is 1410. The molecule has 0 aliphatic carbocycles. The molecule has 0 amide bonds. The predicted molar refractivity (Wildman–Crippen MR) is 126 cm³/mol. The van der Waals surface area contributed by atoms with Crippen LogP contribution in [0.5, 0.6) is 17.2 Å². The number of hydrogen-bond acceptors (Lipinski definition) is 5. The van der Waals surface area contributed by atoms with Gasteiger partial charge in [0.05, 0.1) is 32.5 Å². The van der Waals surface area contributed by atoms with Crippen LogP contribution in [0.2, 0.25) is 0 Å². The highest BCUT2D eigenvalue weighted by atomic mass is 16.5. The number of ether oxygens (including phenoxy) is 3. The van der Waals surface area contributed by atoms with Gasteiger partial charge in [-0.3, -0.25) is 4.98 Å². The monoisotopic (exact) mass is 428 g/mol. The number of imidazole rings is 1. The highest BCUT2D eigenvalue weighted by Crippen LogP contribution is 2.42. The third-order valence-corrected chi connectivity index (χ3v) is 5.75. The van der Waals surface area contributed by atoms with E-state index in [1.165, 1.54) is 5.52 Å². The van der Waals surface area contributed by atoms with Gasteiger partial charge >= 0.3 is 0 Å². The summed E-state index contributed by atoms with van der Waals surface area (Å²) in [5.74, 6) is 2.49. The van der Waals surface area contributed by atoms with Crippen LogP contribution in [0.3, 0.4) is 0 Å². The average Bonchev–Trinajstić information content (AvgIpc) is 3.46. The molecule has 0 atom stereocenters. The van der Waals surface area contributed by atoms with Crippen molar-refractivity contribution in [2.24, 2.45) is 0 Å². The first-order valence-corrected chi connectivity index (χ1v) is 10.4. The van der Waals surface area contributed by atoms with Gasteiger partial charge in [0, 0.05) is 41.0 Å². The van der Waals surface area contributed by atoms with Crippen molar-refractivity contribution in [3.8, 4) is 39.9 Å². The molecule has 3 aromatic heterocycles. The van der Waals surface area contributed by atoms with Gasteiger partial charge in [-0.2, -0.15) is 0 Å². The normalized spacial score (nSPS) is 11.2. The van der Waals surface area contributed by atoms with Crippen molar-refractivity contribution in [1.82, 2.24) is 19.5 Å². The van der Waals surface area contributed by atoms with E-state index in [2.05, 4.69) is 51.9 Å². The number of aromatic amines is 1. The molecule has 7 nitrogen and oxygen atoms in total. The molecule has 0 spiro atoms. The van der Waals surface area contributed by atoms with Crippen LogP contribution < -0.4 is 14.2 Å². The van der Waals surface area contributed by atoms with Crippen molar-refractivity contribution in [3.63, 3.8) is 0 Å². The third-order valence-electron chi connectivity index (χ3n) is 5.75. The smallest absolute Gasteiger partial charge is 0.203 e. The van der Waals surface area contributed by atoms with Crippen LogP contribution in [0.15, 0.2) is 54.9 Å². The Morgan fingerprint density at radius 1 is 0.969 bits per heavy atom. The van der Waals surface area contributed by atoms with Crippen molar-refractivity contribution >= 4 is 21.9 Å². The molecule has 0 aliphatic rings. The molecule has 5 aromatic rings. The Labute approximate surface area is 185 Å². The lowest BCUT2D eigenvalue weighted by molar-refractivity contribution is 0.324. The van der Waals surface area contributed by atoms with Gasteiger partial charge in [-0.25, -0.2) is 4.98 Å². The van der Waals surface area contributed by atoms with E-state index >= 15 is 0 Å². The number of rotatable bonds is 6. The zero-order valence-electron chi connectivity index (χ0n) is 18.5. The van der Waals surface area contributed by atoms with Crippen LogP contribution in [0.1, 0.15) is 6.92 Å². The van der Waals surface area contributed by atoms with Gasteiger partial charge in [0.2, 0.25) is 5.75 Å². The van der Waals surface area contributed by atoms with Crippen LogP contribution in [0.4, 0.5) is 0 Å². The molecule has 0 saturated carbocycles. The number of fused-ring (bicyclic) bond motifs is 2. The van der Waals surface area contributed by atoms with Crippen molar-refractivity contribution in [2.75, 3.05) is 21.3 Å². The molecule has 0 aliphatic heterocycles. The Morgan fingerprint density at radius 2 is 1.75 bits per heavy atom. The quantitative estimate of drug-likeness (QED) is 0.398. The van der Waals surface area contributed by atoms with Gasteiger partial charge in [0.1, 0.15) is 11.3 Å². The summed E-state index contributed by atoms with van der Waals surface area (Å²) in [6, 6.07) is 14.1. The van der Waals surface area contributed by atoms with E-state index in [4.69, 9.17) is 19.2 Å². The fraction of sp³-hybridized carbons (Fsp3) is 0.200. The second-order valence-electron chi connectivity index (χ2n) is 7.40. The maximum absolute atomic E-state index is 5.53. The molecular formula is C25H24N4O3. The first kappa shape index (κ1) is 19.9. The van der Waals surface area contributed by atoms with Crippen molar-refractivity contribution < 1.29 is 14.2 Å². The number of benzene rings is 2. The zero-order valence-corrected chi connectivity index (χ0v) is 18.5. The summed E-state index contributed by atoms with van der Waals surface area (Å²) in [5, 5.41) is 1.16. The van der Waals surface area contributed by atoms with E-state index in [9.17, 15) is 0 Å². The number of hydrogen-bond donors (Lipinski definition) is 1. The van der Waals surface area contributed by atoms with Crippen LogP contribution in [-0.2, 0) is 6.54 Å². The lowest BCUT2D eigenvalue weighted by Crippen LogP contribution is -1.96.